The third-order valence-electron chi connectivity index (χ3n) is 5.13. The lowest BCUT2D eigenvalue weighted by atomic mass is 10.1. The summed E-state index contributed by atoms with van der Waals surface area (Å²) in [6, 6.07) is 23.5. The van der Waals surface area contributed by atoms with Crippen LogP contribution >= 0.6 is 11.8 Å². The summed E-state index contributed by atoms with van der Waals surface area (Å²) in [4.78, 5) is 26.9. The van der Waals surface area contributed by atoms with E-state index >= 15 is 0 Å². The van der Waals surface area contributed by atoms with Crippen molar-refractivity contribution in [1.29, 1.82) is 0 Å². The van der Waals surface area contributed by atoms with Crippen molar-refractivity contribution in [1.82, 2.24) is 4.90 Å². The second kappa shape index (κ2) is 9.23. The van der Waals surface area contributed by atoms with Gasteiger partial charge < -0.3 is 4.74 Å². The number of thioether (sulfide) groups is 1. The summed E-state index contributed by atoms with van der Waals surface area (Å²) >= 11 is 0.982. The Kier molecular flexibility index (Phi) is 6.23. The molecule has 156 valence electrons. The van der Waals surface area contributed by atoms with Gasteiger partial charge in [-0.2, -0.15) is 0 Å². The van der Waals surface area contributed by atoms with Crippen LogP contribution in [0.4, 0.5) is 4.79 Å². The first-order valence-electron chi connectivity index (χ1n) is 10.1. The molecule has 3 aromatic carbocycles. The second-order valence-corrected chi connectivity index (χ2v) is 8.53. The van der Waals surface area contributed by atoms with Gasteiger partial charge in [-0.15, -0.1) is 0 Å². The van der Waals surface area contributed by atoms with Crippen molar-refractivity contribution in [2.24, 2.45) is 0 Å². The minimum atomic E-state index is -0.252. The normalized spacial score (nSPS) is 15.0. The molecule has 5 heteroatoms. The van der Waals surface area contributed by atoms with Crippen molar-refractivity contribution in [2.45, 2.75) is 27.0 Å². The summed E-state index contributed by atoms with van der Waals surface area (Å²) in [6.45, 7) is 4.83. The van der Waals surface area contributed by atoms with Crippen molar-refractivity contribution in [3.63, 3.8) is 0 Å². The molecule has 0 radical (unpaired) electrons. The quantitative estimate of drug-likeness (QED) is 0.443. The minimum Gasteiger partial charge on any atom is -0.489 e. The highest BCUT2D eigenvalue weighted by Gasteiger charge is 2.35. The smallest absolute Gasteiger partial charge is 0.293 e. The van der Waals surface area contributed by atoms with Crippen LogP contribution in [0.2, 0.25) is 0 Å². The van der Waals surface area contributed by atoms with Crippen molar-refractivity contribution in [3.05, 3.63) is 106 Å². The van der Waals surface area contributed by atoms with E-state index in [-0.39, 0.29) is 11.1 Å². The maximum absolute atomic E-state index is 12.8. The third kappa shape index (κ3) is 5.06. The number of aryl methyl sites for hydroxylation is 2. The van der Waals surface area contributed by atoms with Crippen LogP contribution < -0.4 is 4.74 Å². The first-order chi connectivity index (χ1) is 15.0. The van der Waals surface area contributed by atoms with Crippen molar-refractivity contribution >= 4 is 29.0 Å². The molecule has 0 unspecified atom stereocenters. The maximum atomic E-state index is 12.8. The Labute approximate surface area is 186 Å². The van der Waals surface area contributed by atoms with Gasteiger partial charge in [0.15, 0.2) is 0 Å². The molecule has 1 heterocycles. The van der Waals surface area contributed by atoms with Gasteiger partial charge in [0.1, 0.15) is 12.4 Å². The van der Waals surface area contributed by atoms with Gasteiger partial charge in [-0.05, 0) is 66.1 Å². The van der Waals surface area contributed by atoms with E-state index in [1.807, 2.05) is 67.6 Å². The third-order valence-corrected chi connectivity index (χ3v) is 6.04. The number of hydrogen-bond donors (Lipinski definition) is 0. The fourth-order valence-corrected chi connectivity index (χ4v) is 4.21. The predicted octanol–water partition coefficient (Wildman–Crippen LogP) is 6.12. The molecule has 0 spiro atoms. The van der Waals surface area contributed by atoms with E-state index in [1.54, 1.807) is 6.08 Å². The van der Waals surface area contributed by atoms with E-state index in [9.17, 15) is 9.59 Å². The maximum Gasteiger partial charge on any atom is 0.293 e. The summed E-state index contributed by atoms with van der Waals surface area (Å²) in [5, 5.41) is -0.238. The largest absolute Gasteiger partial charge is 0.489 e. The number of carbonyl (C=O) groups is 2. The zero-order valence-corrected chi connectivity index (χ0v) is 18.3. The molecule has 1 aliphatic heterocycles. The Morgan fingerprint density at radius 2 is 1.71 bits per heavy atom. The first kappa shape index (κ1) is 20.9. The molecule has 0 bridgehead atoms. The number of benzene rings is 3. The van der Waals surface area contributed by atoms with Gasteiger partial charge in [0, 0.05) is 0 Å². The van der Waals surface area contributed by atoms with Crippen molar-refractivity contribution in [2.75, 3.05) is 0 Å². The van der Waals surface area contributed by atoms with E-state index in [2.05, 4.69) is 19.1 Å². The molecule has 0 saturated carbocycles. The highest BCUT2D eigenvalue weighted by Crippen LogP contribution is 2.33. The Balaban J connectivity index is 1.42. The zero-order valence-electron chi connectivity index (χ0n) is 17.5. The molecular weight excluding hydrogens is 406 g/mol. The van der Waals surface area contributed by atoms with Crippen LogP contribution in [0.3, 0.4) is 0 Å². The van der Waals surface area contributed by atoms with Gasteiger partial charge in [0.25, 0.3) is 11.1 Å². The van der Waals surface area contributed by atoms with Crippen LogP contribution in [0.15, 0.2) is 77.7 Å². The lowest BCUT2D eigenvalue weighted by molar-refractivity contribution is -0.123. The number of imide groups is 1. The molecule has 1 fully saturated rings. The van der Waals surface area contributed by atoms with Gasteiger partial charge >= 0.3 is 0 Å². The fraction of sp³-hybridized carbons (Fsp3) is 0.154. The Morgan fingerprint density at radius 1 is 0.935 bits per heavy atom. The molecule has 4 nitrogen and oxygen atoms in total. The number of hydrogen-bond acceptors (Lipinski definition) is 4. The van der Waals surface area contributed by atoms with Crippen molar-refractivity contribution in [3.8, 4) is 5.75 Å². The molecule has 0 aromatic heterocycles. The summed E-state index contributed by atoms with van der Waals surface area (Å²) < 4.78 is 5.85. The number of rotatable bonds is 6. The Morgan fingerprint density at radius 3 is 2.45 bits per heavy atom. The number of ether oxygens (including phenoxy) is 1. The topological polar surface area (TPSA) is 46.6 Å². The van der Waals surface area contributed by atoms with E-state index in [1.165, 1.54) is 10.5 Å². The Hall–Kier alpha value is -3.31. The highest BCUT2D eigenvalue weighted by molar-refractivity contribution is 8.18. The zero-order chi connectivity index (χ0) is 21.8. The first-order valence-corrected chi connectivity index (χ1v) is 10.9. The van der Waals surface area contributed by atoms with Crippen molar-refractivity contribution < 1.29 is 14.3 Å². The molecule has 0 atom stereocenters. The van der Waals surface area contributed by atoms with E-state index in [0.717, 1.165) is 39.8 Å². The lowest BCUT2D eigenvalue weighted by Crippen LogP contribution is -2.27. The molecule has 2 amide bonds. The van der Waals surface area contributed by atoms with Crippen LogP contribution in [0, 0.1) is 13.8 Å². The number of carbonyl (C=O) groups excluding carboxylic acids is 2. The van der Waals surface area contributed by atoms with E-state index < -0.39 is 0 Å². The van der Waals surface area contributed by atoms with Crippen LogP contribution in [0.1, 0.15) is 27.8 Å². The summed E-state index contributed by atoms with van der Waals surface area (Å²) in [5.74, 6) is 0.504. The second-order valence-electron chi connectivity index (χ2n) is 7.54. The number of amides is 2. The van der Waals surface area contributed by atoms with Gasteiger partial charge in [-0.25, -0.2) is 0 Å². The van der Waals surface area contributed by atoms with E-state index in [0.29, 0.717) is 18.1 Å². The molecule has 1 aliphatic rings. The average Bonchev–Trinajstić information content (AvgIpc) is 3.02. The summed E-state index contributed by atoms with van der Waals surface area (Å²) in [7, 11) is 0. The summed E-state index contributed by atoms with van der Waals surface area (Å²) in [6.07, 6.45) is 1.76. The minimum absolute atomic E-state index is 0.238. The summed E-state index contributed by atoms with van der Waals surface area (Å²) in [5.41, 5.74) is 5.21. The molecule has 3 aromatic rings. The fourth-order valence-electron chi connectivity index (χ4n) is 3.37. The lowest BCUT2D eigenvalue weighted by Gasteiger charge is -2.14. The molecular formula is C26H23NO3S. The monoisotopic (exact) mass is 429 g/mol. The van der Waals surface area contributed by atoms with Gasteiger partial charge in [0.05, 0.1) is 11.4 Å². The van der Waals surface area contributed by atoms with E-state index in [4.69, 9.17) is 4.74 Å². The van der Waals surface area contributed by atoms with Crippen LogP contribution in [-0.4, -0.2) is 16.0 Å². The molecule has 31 heavy (non-hydrogen) atoms. The number of nitrogens with zero attached hydrogens (tertiary/aromatic N) is 1. The Bertz CT molecular complexity index is 1150. The van der Waals surface area contributed by atoms with Crippen LogP contribution in [0.25, 0.3) is 6.08 Å². The molecule has 0 N–H and O–H groups in total. The molecule has 4 rings (SSSR count). The van der Waals surface area contributed by atoms with Gasteiger partial charge in [0.2, 0.25) is 0 Å². The molecule has 1 saturated heterocycles. The predicted molar refractivity (Wildman–Crippen MR) is 125 cm³/mol. The van der Waals surface area contributed by atoms with Crippen LogP contribution in [0.5, 0.6) is 5.75 Å². The average molecular weight is 430 g/mol. The highest BCUT2D eigenvalue weighted by atomic mass is 32.2. The molecule has 0 aliphatic carbocycles. The van der Waals surface area contributed by atoms with Gasteiger partial charge in [-0.3, -0.25) is 14.5 Å². The standard InChI is InChI=1S/C26H23NO3S/c1-18-6-5-8-21(14-18)17-30-23-12-10-20(11-13-23)15-24-25(28)27(26(29)31-24)16-22-9-4-3-7-19(22)2/h3-15H,16-17H2,1-2H3/b24-15-. The van der Waals surface area contributed by atoms with Crippen LogP contribution in [-0.2, 0) is 17.9 Å². The SMILES string of the molecule is Cc1cccc(COc2ccc(/C=C3\SC(=O)N(Cc4ccccc4C)C3=O)cc2)c1. The van der Waals surface area contributed by atoms with Gasteiger partial charge in [-0.1, -0.05) is 66.2 Å².